The molecule has 2 aromatic rings. The monoisotopic (exact) mass is 397 g/mol. The minimum absolute atomic E-state index is 0.369. The number of thiophene rings is 1. The number of fused-ring (bicyclic) bond motifs is 1. The van der Waals surface area contributed by atoms with Crippen molar-refractivity contribution in [1.82, 2.24) is 0 Å². The smallest absolute Gasteiger partial charge is 0.418 e. The number of para-hydroxylation sites is 1. The summed E-state index contributed by atoms with van der Waals surface area (Å²) in [5.41, 5.74) is -0.189. The highest BCUT2D eigenvalue weighted by molar-refractivity contribution is 7.14. The molecule has 0 bridgehead atoms. The van der Waals surface area contributed by atoms with Gasteiger partial charge in [-0.3, -0.25) is 4.79 Å². The molecule has 1 aromatic carbocycles. The molecule has 0 fully saturated rings. The average Bonchev–Trinajstić information content (AvgIpc) is 3.02. The molecule has 27 heavy (non-hydrogen) atoms. The van der Waals surface area contributed by atoms with Crippen molar-refractivity contribution in [2.75, 3.05) is 11.9 Å². The SMILES string of the molecule is C[C@@H]1CCc2sc(C(=O)OCC(=O)Nc3ccccc3C(F)(F)F)cc2C1. The maximum absolute atomic E-state index is 12.9. The van der Waals surface area contributed by atoms with Crippen molar-refractivity contribution in [2.24, 2.45) is 5.92 Å². The Morgan fingerprint density at radius 3 is 2.78 bits per heavy atom. The summed E-state index contributed by atoms with van der Waals surface area (Å²) in [6.07, 6.45) is -1.69. The number of anilines is 1. The number of alkyl halides is 3. The molecule has 3 rings (SSSR count). The molecule has 0 saturated carbocycles. The van der Waals surface area contributed by atoms with E-state index in [9.17, 15) is 22.8 Å². The second kappa shape index (κ2) is 7.72. The topological polar surface area (TPSA) is 55.4 Å². The first-order chi connectivity index (χ1) is 12.7. The van der Waals surface area contributed by atoms with E-state index in [0.29, 0.717) is 10.8 Å². The van der Waals surface area contributed by atoms with Crippen molar-refractivity contribution in [3.05, 3.63) is 51.2 Å². The number of esters is 1. The number of nitrogens with one attached hydrogen (secondary N) is 1. The highest BCUT2D eigenvalue weighted by Crippen LogP contribution is 2.35. The van der Waals surface area contributed by atoms with Gasteiger partial charge >= 0.3 is 12.1 Å². The minimum Gasteiger partial charge on any atom is -0.451 e. The normalized spacial score (nSPS) is 16.5. The first kappa shape index (κ1) is 19.4. The Morgan fingerprint density at radius 1 is 1.30 bits per heavy atom. The number of aryl methyl sites for hydroxylation is 1. The van der Waals surface area contributed by atoms with Crippen molar-refractivity contribution in [1.29, 1.82) is 0 Å². The third-order valence-electron chi connectivity index (χ3n) is 4.37. The summed E-state index contributed by atoms with van der Waals surface area (Å²) in [7, 11) is 0. The fraction of sp³-hybridized carbons (Fsp3) is 0.368. The molecule has 0 radical (unpaired) electrons. The number of ether oxygens (including phenoxy) is 1. The highest BCUT2D eigenvalue weighted by atomic mass is 32.1. The number of benzene rings is 1. The van der Waals surface area contributed by atoms with E-state index in [-0.39, 0.29) is 5.69 Å². The van der Waals surface area contributed by atoms with E-state index >= 15 is 0 Å². The zero-order valence-electron chi connectivity index (χ0n) is 14.6. The van der Waals surface area contributed by atoms with Crippen LogP contribution in [-0.2, 0) is 28.5 Å². The van der Waals surface area contributed by atoms with Crippen LogP contribution in [0.3, 0.4) is 0 Å². The van der Waals surface area contributed by atoms with Gasteiger partial charge in [0, 0.05) is 4.88 Å². The van der Waals surface area contributed by atoms with E-state index in [0.717, 1.165) is 41.8 Å². The molecule has 144 valence electrons. The second-order valence-electron chi connectivity index (χ2n) is 6.57. The molecule has 1 amide bonds. The number of halogens is 3. The number of carbonyl (C=O) groups excluding carboxylic acids is 2. The van der Waals surface area contributed by atoms with E-state index in [4.69, 9.17) is 4.74 Å². The lowest BCUT2D eigenvalue weighted by molar-refractivity contribution is -0.137. The Hall–Kier alpha value is -2.35. The predicted octanol–water partition coefficient (Wildman–Crippen LogP) is 4.69. The van der Waals surface area contributed by atoms with Gasteiger partial charge in [0.1, 0.15) is 4.88 Å². The molecule has 1 aliphatic carbocycles. The molecular formula is C19H18F3NO3S. The van der Waals surface area contributed by atoms with Crippen LogP contribution >= 0.6 is 11.3 Å². The third-order valence-corrected chi connectivity index (χ3v) is 5.59. The maximum Gasteiger partial charge on any atom is 0.418 e. The molecule has 1 N–H and O–H groups in total. The van der Waals surface area contributed by atoms with Crippen LogP contribution in [0.2, 0.25) is 0 Å². The third kappa shape index (κ3) is 4.68. The van der Waals surface area contributed by atoms with Crippen LogP contribution in [0.1, 0.15) is 39.0 Å². The lowest BCUT2D eigenvalue weighted by Gasteiger charge is -2.16. The number of carbonyl (C=O) groups is 2. The van der Waals surface area contributed by atoms with Crippen molar-refractivity contribution < 1.29 is 27.5 Å². The Kier molecular flexibility index (Phi) is 5.55. The zero-order valence-corrected chi connectivity index (χ0v) is 15.4. The largest absolute Gasteiger partial charge is 0.451 e. The average molecular weight is 397 g/mol. The Balaban J connectivity index is 1.59. The fourth-order valence-electron chi connectivity index (χ4n) is 3.03. The summed E-state index contributed by atoms with van der Waals surface area (Å²) in [6, 6.07) is 6.43. The van der Waals surface area contributed by atoms with Gasteiger partial charge in [0.05, 0.1) is 11.3 Å². The minimum atomic E-state index is -4.59. The van der Waals surface area contributed by atoms with E-state index in [1.54, 1.807) is 6.07 Å². The number of hydrogen-bond donors (Lipinski definition) is 1. The van der Waals surface area contributed by atoms with E-state index in [1.165, 1.54) is 23.5 Å². The molecule has 8 heteroatoms. The fourth-order valence-corrected chi connectivity index (χ4v) is 4.14. The summed E-state index contributed by atoms with van der Waals surface area (Å²) in [4.78, 5) is 25.6. The molecule has 1 heterocycles. The molecule has 0 spiro atoms. The molecule has 4 nitrogen and oxygen atoms in total. The van der Waals surface area contributed by atoms with Gasteiger partial charge in [0.15, 0.2) is 6.61 Å². The molecule has 0 aliphatic heterocycles. The van der Waals surface area contributed by atoms with E-state index in [2.05, 4.69) is 12.2 Å². The quantitative estimate of drug-likeness (QED) is 0.762. The van der Waals surface area contributed by atoms with Gasteiger partial charge in [-0.15, -0.1) is 11.3 Å². The van der Waals surface area contributed by atoms with Crippen LogP contribution < -0.4 is 5.32 Å². The molecule has 0 unspecified atom stereocenters. The molecule has 1 atom stereocenters. The van der Waals surface area contributed by atoms with Gasteiger partial charge in [-0.2, -0.15) is 13.2 Å². The molecule has 1 aromatic heterocycles. The van der Waals surface area contributed by atoms with Gasteiger partial charge in [-0.1, -0.05) is 19.1 Å². The van der Waals surface area contributed by atoms with E-state index < -0.39 is 30.2 Å². The van der Waals surface area contributed by atoms with Crippen LogP contribution in [0.25, 0.3) is 0 Å². The number of amides is 1. The Labute approximate surface area is 158 Å². The number of hydrogen-bond acceptors (Lipinski definition) is 4. The van der Waals surface area contributed by atoms with Crippen LogP contribution in [-0.4, -0.2) is 18.5 Å². The highest BCUT2D eigenvalue weighted by Gasteiger charge is 2.33. The summed E-state index contributed by atoms with van der Waals surface area (Å²) in [5.74, 6) is -0.897. The van der Waals surface area contributed by atoms with Gasteiger partial charge in [-0.25, -0.2) is 4.79 Å². The van der Waals surface area contributed by atoms with Crippen LogP contribution in [0.15, 0.2) is 30.3 Å². The van der Waals surface area contributed by atoms with Gasteiger partial charge < -0.3 is 10.1 Å². The second-order valence-corrected chi connectivity index (χ2v) is 7.71. The van der Waals surface area contributed by atoms with E-state index in [1.807, 2.05) is 0 Å². The first-order valence-electron chi connectivity index (χ1n) is 8.49. The predicted molar refractivity (Wildman–Crippen MR) is 95.9 cm³/mol. The van der Waals surface area contributed by atoms with Gasteiger partial charge in [-0.05, 0) is 48.9 Å². The van der Waals surface area contributed by atoms with Crippen molar-refractivity contribution in [3.63, 3.8) is 0 Å². The first-order valence-corrected chi connectivity index (χ1v) is 9.30. The lowest BCUT2D eigenvalue weighted by atomic mass is 9.90. The summed E-state index contributed by atoms with van der Waals surface area (Å²) < 4.78 is 43.8. The number of rotatable bonds is 4. The zero-order chi connectivity index (χ0) is 19.6. The molecule has 0 saturated heterocycles. The van der Waals surface area contributed by atoms with Gasteiger partial charge in [0.2, 0.25) is 0 Å². The summed E-state index contributed by atoms with van der Waals surface area (Å²) in [6.45, 7) is 1.51. The Morgan fingerprint density at radius 2 is 2.04 bits per heavy atom. The lowest BCUT2D eigenvalue weighted by Crippen LogP contribution is -2.22. The van der Waals surface area contributed by atoms with Crippen LogP contribution in [0.4, 0.5) is 18.9 Å². The van der Waals surface area contributed by atoms with Crippen molar-refractivity contribution in [2.45, 2.75) is 32.4 Å². The maximum atomic E-state index is 12.9. The summed E-state index contributed by atoms with van der Waals surface area (Å²) in [5, 5.41) is 2.15. The summed E-state index contributed by atoms with van der Waals surface area (Å²) >= 11 is 1.35. The molecular weight excluding hydrogens is 379 g/mol. The van der Waals surface area contributed by atoms with Crippen molar-refractivity contribution >= 4 is 28.9 Å². The Bertz CT molecular complexity index is 860. The molecule has 1 aliphatic rings. The van der Waals surface area contributed by atoms with Crippen molar-refractivity contribution in [3.8, 4) is 0 Å². The van der Waals surface area contributed by atoms with Crippen LogP contribution in [0.5, 0.6) is 0 Å². The standard InChI is InChI=1S/C19H18F3NO3S/c1-11-6-7-15-12(8-11)9-16(27-15)18(25)26-10-17(24)23-14-5-3-2-4-13(14)19(20,21)22/h2-5,9,11H,6-8,10H2,1H3,(H,23,24)/t11-/m1/s1. The van der Waals surface area contributed by atoms with Crippen LogP contribution in [0, 0.1) is 5.92 Å². The van der Waals surface area contributed by atoms with Gasteiger partial charge in [0.25, 0.3) is 5.91 Å².